The van der Waals surface area contributed by atoms with Crippen LogP contribution in [0.2, 0.25) is 0 Å². The largest absolute Gasteiger partial charge is 0.379 e. The number of ether oxygens (including phenoxy) is 1. The van der Waals surface area contributed by atoms with E-state index in [1.807, 2.05) is 25.5 Å². The van der Waals surface area contributed by atoms with E-state index in [1.54, 1.807) is 0 Å². The highest BCUT2D eigenvalue weighted by molar-refractivity contribution is 7.80. The third-order valence-corrected chi connectivity index (χ3v) is 4.51. The van der Waals surface area contributed by atoms with E-state index in [9.17, 15) is 0 Å². The second-order valence-corrected chi connectivity index (χ2v) is 7.19. The molecule has 0 saturated heterocycles. The first-order chi connectivity index (χ1) is 12.4. The Morgan fingerprint density at radius 1 is 1.23 bits per heavy atom. The number of thiocarbonyl (C=S) groups is 1. The molecule has 0 aliphatic carbocycles. The van der Waals surface area contributed by atoms with Gasteiger partial charge < -0.3 is 15.4 Å². The Balaban J connectivity index is 1.93. The van der Waals surface area contributed by atoms with Gasteiger partial charge in [-0.15, -0.1) is 0 Å². The highest BCUT2D eigenvalue weighted by Gasteiger charge is 2.13. The average Bonchev–Trinajstić information content (AvgIpc) is 2.84. The first kappa shape index (κ1) is 20.4. The number of hydrogen-bond donors (Lipinski definition) is 2. The molecule has 0 atom stereocenters. The molecule has 1 aromatic carbocycles. The summed E-state index contributed by atoms with van der Waals surface area (Å²) in [5.41, 5.74) is 5.56. The number of benzene rings is 1. The van der Waals surface area contributed by atoms with Crippen LogP contribution in [0.5, 0.6) is 0 Å². The topological polar surface area (TPSA) is 51.1 Å². The molecule has 0 aliphatic heterocycles. The molecule has 2 aromatic rings. The van der Waals surface area contributed by atoms with Crippen LogP contribution in [0.15, 0.2) is 24.3 Å². The maximum Gasteiger partial charge on any atom is 0.170 e. The maximum absolute atomic E-state index is 5.53. The molecule has 0 unspecified atom stereocenters. The summed E-state index contributed by atoms with van der Waals surface area (Å²) in [5, 5.41) is 11.8. The summed E-state index contributed by atoms with van der Waals surface area (Å²) in [4.78, 5) is 0. The van der Waals surface area contributed by atoms with E-state index in [0.29, 0.717) is 5.11 Å². The Morgan fingerprint density at radius 2 is 1.96 bits per heavy atom. The van der Waals surface area contributed by atoms with Crippen LogP contribution in [-0.4, -0.2) is 34.1 Å². The van der Waals surface area contributed by atoms with Gasteiger partial charge in [-0.3, -0.25) is 4.68 Å². The zero-order valence-electron chi connectivity index (χ0n) is 16.4. The van der Waals surface area contributed by atoms with Gasteiger partial charge >= 0.3 is 0 Å². The summed E-state index contributed by atoms with van der Waals surface area (Å²) in [6.45, 7) is 12.6. The quantitative estimate of drug-likeness (QED) is 0.541. The van der Waals surface area contributed by atoms with Crippen molar-refractivity contribution in [2.75, 3.05) is 18.5 Å². The monoisotopic (exact) mass is 374 g/mol. The third kappa shape index (κ3) is 5.81. The van der Waals surface area contributed by atoms with Crippen LogP contribution in [0.4, 0.5) is 5.69 Å². The molecule has 1 heterocycles. The molecule has 2 rings (SSSR count). The lowest BCUT2D eigenvalue weighted by Crippen LogP contribution is -2.30. The predicted octanol–water partition coefficient (Wildman–Crippen LogP) is 3.96. The van der Waals surface area contributed by atoms with Crippen LogP contribution >= 0.6 is 12.2 Å². The van der Waals surface area contributed by atoms with Crippen LogP contribution < -0.4 is 10.6 Å². The molecular formula is C20H30N4OS. The molecule has 142 valence electrons. The van der Waals surface area contributed by atoms with Gasteiger partial charge in [0.2, 0.25) is 0 Å². The molecule has 26 heavy (non-hydrogen) atoms. The normalized spacial score (nSPS) is 11.0. The van der Waals surface area contributed by atoms with Crippen molar-refractivity contribution >= 4 is 23.0 Å². The maximum atomic E-state index is 5.53. The van der Waals surface area contributed by atoms with Crippen LogP contribution in [0, 0.1) is 20.8 Å². The smallest absolute Gasteiger partial charge is 0.170 e. The molecule has 0 spiro atoms. The number of nitrogens with one attached hydrogen (secondary N) is 2. The minimum atomic E-state index is 0.268. The summed E-state index contributed by atoms with van der Waals surface area (Å²) >= 11 is 5.42. The van der Waals surface area contributed by atoms with E-state index in [2.05, 4.69) is 53.8 Å². The van der Waals surface area contributed by atoms with Crippen molar-refractivity contribution in [2.24, 2.45) is 0 Å². The van der Waals surface area contributed by atoms with Gasteiger partial charge in [-0.2, -0.15) is 5.10 Å². The summed E-state index contributed by atoms with van der Waals surface area (Å²) < 4.78 is 7.56. The summed E-state index contributed by atoms with van der Waals surface area (Å²) in [6.07, 6.45) is 1.19. The molecule has 0 amide bonds. The van der Waals surface area contributed by atoms with Gasteiger partial charge in [-0.05, 0) is 64.4 Å². The number of aromatic nitrogens is 2. The van der Waals surface area contributed by atoms with Crippen molar-refractivity contribution in [3.05, 3.63) is 46.8 Å². The lowest BCUT2D eigenvalue weighted by Gasteiger charge is -2.12. The van der Waals surface area contributed by atoms with Crippen LogP contribution in [0.1, 0.15) is 42.8 Å². The van der Waals surface area contributed by atoms with Crippen molar-refractivity contribution in [3.8, 4) is 0 Å². The highest BCUT2D eigenvalue weighted by Crippen LogP contribution is 2.21. The van der Waals surface area contributed by atoms with E-state index < -0.39 is 0 Å². The van der Waals surface area contributed by atoms with Crippen molar-refractivity contribution in [1.29, 1.82) is 0 Å². The zero-order valence-corrected chi connectivity index (χ0v) is 17.2. The van der Waals surface area contributed by atoms with Gasteiger partial charge in [-0.25, -0.2) is 0 Å². The molecule has 6 heteroatoms. The number of rotatable bonds is 8. The molecule has 1 aromatic heterocycles. The fourth-order valence-corrected chi connectivity index (χ4v) is 2.94. The minimum absolute atomic E-state index is 0.268. The number of anilines is 1. The Labute approximate surface area is 162 Å². The Morgan fingerprint density at radius 3 is 2.65 bits per heavy atom. The number of nitrogens with zero attached hydrogens (tertiary/aromatic N) is 2. The van der Waals surface area contributed by atoms with Gasteiger partial charge in [-0.1, -0.05) is 24.3 Å². The fourth-order valence-electron chi connectivity index (χ4n) is 2.73. The fraction of sp³-hybridized carbons (Fsp3) is 0.500. The van der Waals surface area contributed by atoms with Gasteiger partial charge in [0, 0.05) is 13.2 Å². The Bertz CT molecular complexity index is 739. The van der Waals surface area contributed by atoms with E-state index >= 15 is 0 Å². The molecule has 0 fully saturated rings. The average molecular weight is 375 g/mol. The number of aryl methyl sites for hydroxylation is 2. The first-order valence-corrected chi connectivity index (χ1v) is 9.54. The van der Waals surface area contributed by atoms with Crippen molar-refractivity contribution in [1.82, 2.24) is 15.1 Å². The molecular weight excluding hydrogens is 344 g/mol. The van der Waals surface area contributed by atoms with Crippen LogP contribution in [-0.2, 0) is 11.3 Å². The number of hydrogen-bond acceptors (Lipinski definition) is 3. The Kier molecular flexibility index (Phi) is 7.60. The zero-order chi connectivity index (χ0) is 19.1. The summed E-state index contributed by atoms with van der Waals surface area (Å²) in [7, 11) is 0. The van der Waals surface area contributed by atoms with Gasteiger partial charge in [0.1, 0.15) is 0 Å². The molecule has 2 N–H and O–H groups in total. The minimum Gasteiger partial charge on any atom is -0.379 e. The third-order valence-electron chi connectivity index (χ3n) is 4.26. The van der Waals surface area contributed by atoms with Crippen LogP contribution in [0.3, 0.4) is 0 Å². The van der Waals surface area contributed by atoms with Crippen molar-refractivity contribution in [2.45, 2.75) is 53.7 Å². The lowest BCUT2D eigenvalue weighted by atomic mass is 10.1. The highest BCUT2D eigenvalue weighted by atomic mass is 32.1. The second-order valence-electron chi connectivity index (χ2n) is 6.78. The summed E-state index contributed by atoms with van der Waals surface area (Å²) in [5.74, 6) is 0. The molecule has 0 aliphatic rings. The molecule has 0 bridgehead atoms. The Hall–Kier alpha value is -1.92. The first-order valence-electron chi connectivity index (χ1n) is 9.13. The molecule has 0 saturated carbocycles. The van der Waals surface area contributed by atoms with Crippen molar-refractivity contribution < 1.29 is 4.74 Å². The van der Waals surface area contributed by atoms with E-state index in [4.69, 9.17) is 17.0 Å². The second kappa shape index (κ2) is 9.69. The summed E-state index contributed by atoms with van der Waals surface area (Å²) in [6, 6.07) is 8.39. The predicted molar refractivity (Wildman–Crippen MR) is 112 cm³/mol. The van der Waals surface area contributed by atoms with E-state index in [-0.39, 0.29) is 6.10 Å². The van der Waals surface area contributed by atoms with Gasteiger partial charge in [0.05, 0.1) is 29.7 Å². The molecule has 5 nitrogen and oxygen atoms in total. The van der Waals surface area contributed by atoms with Gasteiger partial charge in [0.15, 0.2) is 5.11 Å². The lowest BCUT2D eigenvalue weighted by molar-refractivity contribution is 0.0777. The van der Waals surface area contributed by atoms with Crippen molar-refractivity contribution in [3.63, 3.8) is 0 Å². The standard InChI is InChI=1S/C20H30N4OS/c1-14(2)25-12-8-11-21-20(26)22-19-16(4)23-24(17(19)5)13-18-10-7-6-9-15(18)3/h6-7,9-10,14H,8,11-13H2,1-5H3,(H2,21,22,26). The van der Waals surface area contributed by atoms with Crippen LogP contribution in [0.25, 0.3) is 0 Å². The molecule has 0 radical (unpaired) electrons. The van der Waals surface area contributed by atoms with E-state index in [0.717, 1.165) is 43.2 Å². The van der Waals surface area contributed by atoms with E-state index in [1.165, 1.54) is 11.1 Å². The SMILES string of the molecule is Cc1ccccc1Cn1nc(C)c(NC(=S)NCCCOC(C)C)c1C. The van der Waals surface area contributed by atoms with Gasteiger partial charge in [0.25, 0.3) is 0 Å².